The third-order valence-corrected chi connectivity index (χ3v) is 3.06. The van der Waals surface area contributed by atoms with Crippen molar-refractivity contribution >= 4 is 23.0 Å². The van der Waals surface area contributed by atoms with Crippen molar-refractivity contribution < 1.29 is 9.47 Å². The van der Waals surface area contributed by atoms with E-state index in [1.165, 1.54) is 0 Å². The highest BCUT2D eigenvalue weighted by molar-refractivity contribution is 7.80. The predicted molar refractivity (Wildman–Crippen MR) is 79.9 cm³/mol. The quantitative estimate of drug-likeness (QED) is 0.845. The fourth-order valence-corrected chi connectivity index (χ4v) is 2.04. The van der Waals surface area contributed by atoms with E-state index in [2.05, 4.69) is 15.6 Å². The molecule has 3 rings (SSSR count). The number of pyridine rings is 1. The smallest absolute Gasteiger partial charge is 0.231 e. The second-order valence-electron chi connectivity index (χ2n) is 4.24. The Morgan fingerprint density at radius 3 is 3.00 bits per heavy atom. The van der Waals surface area contributed by atoms with Gasteiger partial charge in [0.25, 0.3) is 0 Å². The molecule has 1 aromatic carbocycles. The minimum Gasteiger partial charge on any atom is -0.454 e. The van der Waals surface area contributed by atoms with Crippen LogP contribution in [0, 0.1) is 0 Å². The summed E-state index contributed by atoms with van der Waals surface area (Å²) in [5, 5.41) is 6.75. The van der Waals surface area contributed by atoms with Crippen molar-refractivity contribution in [1.82, 2.24) is 10.3 Å². The zero-order valence-corrected chi connectivity index (χ0v) is 11.4. The third kappa shape index (κ3) is 2.97. The Balaban J connectivity index is 1.55. The Morgan fingerprint density at radius 1 is 1.25 bits per heavy atom. The van der Waals surface area contributed by atoms with Gasteiger partial charge in [0.1, 0.15) is 0 Å². The van der Waals surface area contributed by atoms with Crippen LogP contribution in [0.3, 0.4) is 0 Å². The lowest BCUT2D eigenvalue weighted by atomic mass is 10.2. The van der Waals surface area contributed by atoms with Crippen LogP contribution in [0.2, 0.25) is 0 Å². The van der Waals surface area contributed by atoms with Gasteiger partial charge in [0.15, 0.2) is 16.6 Å². The summed E-state index contributed by atoms with van der Waals surface area (Å²) in [5.41, 5.74) is 1.93. The number of aromatic nitrogens is 1. The molecule has 1 aliphatic heterocycles. The second-order valence-corrected chi connectivity index (χ2v) is 4.65. The lowest BCUT2D eigenvalue weighted by Gasteiger charge is -2.10. The Hall–Kier alpha value is -2.34. The number of ether oxygens (including phenoxy) is 2. The Bertz CT molecular complexity index is 619. The number of hydrogen-bond acceptors (Lipinski definition) is 4. The van der Waals surface area contributed by atoms with Gasteiger partial charge < -0.3 is 20.1 Å². The summed E-state index contributed by atoms with van der Waals surface area (Å²) in [7, 11) is 0. The molecular formula is C14H13N3O2S. The molecule has 102 valence electrons. The number of fused-ring (bicyclic) bond motifs is 1. The van der Waals surface area contributed by atoms with Crippen molar-refractivity contribution in [3.05, 3.63) is 48.3 Å². The fourth-order valence-electron chi connectivity index (χ4n) is 1.85. The van der Waals surface area contributed by atoms with Gasteiger partial charge in [-0.2, -0.15) is 0 Å². The maximum Gasteiger partial charge on any atom is 0.231 e. The van der Waals surface area contributed by atoms with Gasteiger partial charge >= 0.3 is 0 Å². The van der Waals surface area contributed by atoms with Crippen molar-refractivity contribution in [2.24, 2.45) is 0 Å². The lowest BCUT2D eigenvalue weighted by molar-refractivity contribution is 0.174. The van der Waals surface area contributed by atoms with E-state index in [1.807, 2.05) is 30.3 Å². The average Bonchev–Trinajstić information content (AvgIpc) is 2.93. The summed E-state index contributed by atoms with van der Waals surface area (Å²) in [6.45, 7) is 0.899. The molecule has 0 aliphatic carbocycles. The average molecular weight is 287 g/mol. The number of thiocarbonyl (C=S) groups is 1. The molecule has 0 fully saturated rings. The molecule has 5 nitrogen and oxygen atoms in total. The van der Waals surface area contributed by atoms with Gasteiger partial charge in [-0.25, -0.2) is 0 Å². The topological polar surface area (TPSA) is 55.4 Å². The van der Waals surface area contributed by atoms with Gasteiger partial charge in [-0.1, -0.05) is 6.07 Å². The SMILES string of the molecule is S=C(NCc1ccc2c(c1)OCO2)Nc1cccnc1. The zero-order chi connectivity index (χ0) is 13.8. The van der Waals surface area contributed by atoms with E-state index in [0.717, 1.165) is 22.7 Å². The number of rotatable bonds is 3. The van der Waals surface area contributed by atoms with Gasteiger partial charge in [0, 0.05) is 12.7 Å². The standard InChI is InChI=1S/C14H13N3O2S/c20-14(17-11-2-1-5-15-8-11)16-7-10-3-4-12-13(6-10)19-9-18-12/h1-6,8H,7,9H2,(H2,16,17,20). The van der Waals surface area contributed by atoms with Crippen LogP contribution in [-0.2, 0) is 6.54 Å². The van der Waals surface area contributed by atoms with Crippen molar-refractivity contribution in [2.45, 2.75) is 6.54 Å². The summed E-state index contributed by atoms with van der Waals surface area (Å²) in [6.07, 6.45) is 3.43. The van der Waals surface area contributed by atoms with Crippen LogP contribution in [0.25, 0.3) is 0 Å². The Labute approximate surface area is 121 Å². The van der Waals surface area contributed by atoms with Crippen LogP contribution in [0.1, 0.15) is 5.56 Å². The number of anilines is 1. The molecule has 20 heavy (non-hydrogen) atoms. The molecule has 2 aromatic rings. The second kappa shape index (κ2) is 5.75. The monoisotopic (exact) mass is 287 g/mol. The summed E-state index contributed by atoms with van der Waals surface area (Å²) in [4.78, 5) is 4.02. The number of benzene rings is 1. The maximum atomic E-state index is 5.33. The van der Waals surface area contributed by atoms with E-state index in [4.69, 9.17) is 21.7 Å². The van der Waals surface area contributed by atoms with Crippen molar-refractivity contribution in [3.63, 3.8) is 0 Å². The van der Waals surface area contributed by atoms with Gasteiger partial charge in [0.05, 0.1) is 11.9 Å². The molecule has 0 spiro atoms. The molecule has 1 aliphatic rings. The number of nitrogens with one attached hydrogen (secondary N) is 2. The van der Waals surface area contributed by atoms with E-state index < -0.39 is 0 Å². The van der Waals surface area contributed by atoms with Crippen LogP contribution in [0.4, 0.5) is 5.69 Å². The van der Waals surface area contributed by atoms with Crippen LogP contribution in [0.15, 0.2) is 42.7 Å². The van der Waals surface area contributed by atoms with E-state index in [0.29, 0.717) is 11.7 Å². The van der Waals surface area contributed by atoms with Crippen molar-refractivity contribution in [1.29, 1.82) is 0 Å². The molecule has 0 bridgehead atoms. The predicted octanol–water partition coefficient (Wildman–Crippen LogP) is 2.30. The summed E-state index contributed by atoms with van der Waals surface area (Å²) < 4.78 is 10.6. The Morgan fingerprint density at radius 2 is 2.15 bits per heavy atom. The van der Waals surface area contributed by atoms with Gasteiger partial charge in [-0.05, 0) is 42.0 Å². The molecule has 0 atom stereocenters. The summed E-state index contributed by atoms with van der Waals surface area (Å²) >= 11 is 5.23. The normalized spacial score (nSPS) is 12.0. The summed E-state index contributed by atoms with van der Waals surface area (Å²) in [6, 6.07) is 9.58. The first-order chi connectivity index (χ1) is 9.81. The molecule has 6 heteroatoms. The minimum absolute atomic E-state index is 0.285. The van der Waals surface area contributed by atoms with E-state index in [-0.39, 0.29) is 6.79 Å². The largest absolute Gasteiger partial charge is 0.454 e. The highest BCUT2D eigenvalue weighted by atomic mass is 32.1. The third-order valence-electron chi connectivity index (χ3n) is 2.81. The maximum absolute atomic E-state index is 5.33. The van der Waals surface area contributed by atoms with E-state index >= 15 is 0 Å². The minimum atomic E-state index is 0.285. The van der Waals surface area contributed by atoms with Crippen molar-refractivity contribution in [3.8, 4) is 11.5 Å². The van der Waals surface area contributed by atoms with E-state index in [9.17, 15) is 0 Å². The highest BCUT2D eigenvalue weighted by Gasteiger charge is 2.12. The molecule has 0 saturated carbocycles. The van der Waals surface area contributed by atoms with Crippen LogP contribution in [-0.4, -0.2) is 16.9 Å². The van der Waals surface area contributed by atoms with Crippen LogP contribution >= 0.6 is 12.2 Å². The molecule has 0 saturated heterocycles. The van der Waals surface area contributed by atoms with Gasteiger partial charge in [-0.15, -0.1) is 0 Å². The van der Waals surface area contributed by atoms with Crippen LogP contribution < -0.4 is 20.1 Å². The van der Waals surface area contributed by atoms with E-state index in [1.54, 1.807) is 12.4 Å². The Kier molecular flexibility index (Phi) is 3.64. The first-order valence-corrected chi connectivity index (χ1v) is 6.55. The first kappa shape index (κ1) is 12.7. The number of nitrogens with zero attached hydrogens (tertiary/aromatic N) is 1. The fraction of sp³-hybridized carbons (Fsp3) is 0.143. The number of hydrogen-bond donors (Lipinski definition) is 2. The van der Waals surface area contributed by atoms with Crippen molar-refractivity contribution in [2.75, 3.05) is 12.1 Å². The van der Waals surface area contributed by atoms with Crippen LogP contribution in [0.5, 0.6) is 11.5 Å². The molecule has 0 radical (unpaired) electrons. The first-order valence-electron chi connectivity index (χ1n) is 6.15. The molecule has 2 heterocycles. The van der Waals surface area contributed by atoms with Gasteiger partial charge in [-0.3, -0.25) is 4.98 Å². The molecule has 0 amide bonds. The molecular weight excluding hydrogens is 274 g/mol. The lowest BCUT2D eigenvalue weighted by Crippen LogP contribution is -2.27. The zero-order valence-electron chi connectivity index (χ0n) is 10.6. The van der Waals surface area contributed by atoms with Gasteiger partial charge in [0.2, 0.25) is 6.79 Å². The summed E-state index contributed by atoms with van der Waals surface area (Å²) in [5.74, 6) is 1.56. The highest BCUT2D eigenvalue weighted by Crippen LogP contribution is 2.32. The molecule has 0 unspecified atom stereocenters. The molecule has 2 N–H and O–H groups in total. The molecule has 1 aromatic heterocycles.